The third kappa shape index (κ3) is 6.15. The fourth-order valence-corrected chi connectivity index (χ4v) is 3.01. The molecule has 0 spiro atoms. The van der Waals surface area contributed by atoms with Gasteiger partial charge in [0.05, 0.1) is 17.5 Å². The molecule has 1 amide bonds. The van der Waals surface area contributed by atoms with E-state index >= 15 is 0 Å². The van der Waals surface area contributed by atoms with Gasteiger partial charge in [0.1, 0.15) is 11.6 Å². The van der Waals surface area contributed by atoms with Crippen molar-refractivity contribution in [2.45, 2.75) is 39.2 Å². The highest BCUT2D eigenvalue weighted by molar-refractivity contribution is 5.95. The largest absolute Gasteiger partial charge is 0.494 e. The summed E-state index contributed by atoms with van der Waals surface area (Å²) in [5, 5.41) is 3.23. The van der Waals surface area contributed by atoms with Crippen molar-refractivity contribution >= 4 is 28.5 Å². The summed E-state index contributed by atoms with van der Waals surface area (Å²) in [5.41, 5.74) is 0.994. The summed E-state index contributed by atoms with van der Waals surface area (Å²) in [7, 11) is 0. The monoisotopic (exact) mass is 423 g/mol. The summed E-state index contributed by atoms with van der Waals surface area (Å²) in [6, 6.07) is 14.0. The number of hydrogen-bond donors (Lipinski definition) is 2. The van der Waals surface area contributed by atoms with Crippen molar-refractivity contribution in [3.63, 3.8) is 0 Å². The second kappa shape index (κ2) is 10.4. The number of esters is 1. The van der Waals surface area contributed by atoms with Gasteiger partial charge in [0.25, 0.3) is 11.5 Å². The van der Waals surface area contributed by atoms with Crippen LogP contribution in [0.25, 0.3) is 10.9 Å². The topological polar surface area (TPSA) is 110 Å². The molecule has 0 fully saturated rings. The lowest BCUT2D eigenvalue weighted by atomic mass is 10.2. The third-order valence-electron chi connectivity index (χ3n) is 4.57. The van der Waals surface area contributed by atoms with E-state index < -0.39 is 18.0 Å². The van der Waals surface area contributed by atoms with Gasteiger partial charge in [-0.05, 0) is 56.7 Å². The zero-order valence-corrected chi connectivity index (χ0v) is 17.5. The first kappa shape index (κ1) is 22.0. The third-order valence-corrected chi connectivity index (χ3v) is 4.57. The highest BCUT2D eigenvalue weighted by Gasteiger charge is 2.18. The number of rotatable bonds is 9. The lowest BCUT2D eigenvalue weighted by molar-refractivity contribution is -0.153. The zero-order chi connectivity index (χ0) is 22.2. The number of para-hydroxylation sites is 1. The van der Waals surface area contributed by atoms with Gasteiger partial charge in [-0.25, -0.2) is 4.98 Å². The molecule has 0 bridgehead atoms. The van der Waals surface area contributed by atoms with Crippen molar-refractivity contribution in [3.8, 4) is 5.75 Å². The van der Waals surface area contributed by atoms with E-state index in [4.69, 9.17) is 9.47 Å². The normalized spacial score (nSPS) is 11.7. The predicted molar refractivity (Wildman–Crippen MR) is 117 cm³/mol. The summed E-state index contributed by atoms with van der Waals surface area (Å²) < 4.78 is 10.6. The van der Waals surface area contributed by atoms with Gasteiger partial charge in [-0.15, -0.1) is 0 Å². The van der Waals surface area contributed by atoms with Crippen molar-refractivity contribution in [1.82, 2.24) is 9.97 Å². The maximum Gasteiger partial charge on any atom is 0.306 e. The van der Waals surface area contributed by atoms with Crippen LogP contribution in [0.3, 0.4) is 0 Å². The Kier molecular flexibility index (Phi) is 7.37. The number of carbonyl (C=O) groups excluding carboxylic acids is 2. The quantitative estimate of drug-likeness (QED) is 0.512. The Hall–Kier alpha value is -3.68. The maximum atomic E-state index is 12.2. The fraction of sp³-hybridized carbons (Fsp3) is 0.304. The van der Waals surface area contributed by atoms with Gasteiger partial charge in [-0.2, -0.15) is 0 Å². The van der Waals surface area contributed by atoms with Crippen molar-refractivity contribution in [1.29, 1.82) is 0 Å². The number of fused-ring (bicyclic) bond motifs is 1. The molecule has 2 N–H and O–H groups in total. The van der Waals surface area contributed by atoms with Crippen LogP contribution >= 0.6 is 0 Å². The number of anilines is 1. The van der Waals surface area contributed by atoms with Gasteiger partial charge < -0.3 is 19.8 Å². The summed E-state index contributed by atoms with van der Waals surface area (Å²) in [6.45, 7) is 3.97. The Balaban J connectivity index is 1.45. The molecular formula is C23H25N3O5. The van der Waals surface area contributed by atoms with Crippen LogP contribution in [0.15, 0.2) is 53.3 Å². The number of H-pyrrole nitrogens is 1. The number of amides is 1. The van der Waals surface area contributed by atoms with E-state index in [0.717, 1.165) is 0 Å². The van der Waals surface area contributed by atoms with Gasteiger partial charge in [-0.1, -0.05) is 12.1 Å². The predicted octanol–water partition coefficient (Wildman–Crippen LogP) is 3.21. The van der Waals surface area contributed by atoms with Crippen LogP contribution < -0.4 is 15.6 Å². The minimum absolute atomic E-state index is 0.108. The smallest absolute Gasteiger partial charge is 0.306 e. The van der Waals surface area contributed by atoms with Gasteiger partial charge in [0.15, 0.2) is 6.10 Å². The molecule has 0 radical (unpaired) electrons. The first-order valence-corrected chi connectivity index (χ1v) is 10.2. The molecule has 3 aromatic rings. The van der Waals surface area contributed by atoms with Crippen LogP contribution in [-0.4, -0.2) is 34.6 Å². The average Bonchev–Trinajstić information content (AvgIpc) is 2.75. The van der Waals surface area contributed by atoms with E-state index in [9.17, 15) is 14.4 Å². The Labute approximate surface area is 179 Å². The van der Waals surface area contributed by atoms with E-state index in [0.29, 0.717) is 47.6 Å². The molecule has 8 nitrogen and oxygen atoms in total. The number of aryl methyl sites for hydroxylation is 1. The average molecular weight is 423 g/mol. The lowest BCUT2D eigenvalue weighted by Gasteiger charge is -2.14. The van der Waals surface area contributed by atoms with Crippen molar-refractivity contribution in [2.75, 3.05) is 11.9 Å². The second-order valence-corrected chi connectivity index (χ2v) is 6.96. The molecule has 1 aromatic heterocycles. The van der Waals surface area contributed by atoms with E-state index in [1.165, 1.54) is 6.92 Å². The Morgan fingerprint density at radius 3 is 2.61 bits per heavy atom. The molecule has 8 heteroatoms. The van der Waals surface area contributed by atoms with E-state index in [1.54, 1.807) is 42.5 Å². The zero-order valence-electron chi connectivity index (χ0n) is 17.5. The minimum Gasteiger partial charge on any atom is -0.494 e. The molecule has 1 atom stereocenters. The van der Waals surface area contributed by atoms with Gasteiger partial charge >= 0.3 is 5.97 Å². The van der Waals surface area contributed by atoms with Crippen LogP contribution in [0.5, 0.6) is 5.75 Å². The Bertz CT molecular complexity index is 1110. The van der Waals surface area contributed by atoms with Crippen molar-refractivity contribution < 1.29 is 19.1 Å². The van der Waals surface area contributed by atoms with E-state index in [2.05, 4.69) is 15.3 Å². The molecule has 0 aliphatic rings. The van der Waals surface area contributed by atoms with Crippen molar-refractivity contribution in [2.24, 2.45) is 0 Å². The summed E-state index contributed by atoms with van der Waals surface area (Å²) in [4.78, 5) is 43.5. The first-order chi connectivity index (χ1) is 15.0. The molecule has 3 rings (SSSR count). The molecule has 0 saturated carbocycles. The second-order valence-electron chi connectivity index (χ2n) is 6.96. The Morgan fingerprint density at radius 1 is 1.13 bits per heavy atom. The molecule has 0 aliphatic heterocycles. The molecule has 0 aliphatic carbocycles. The van der Waals surface area contributed by atoms with Crippen LogP contribution in [0.4, 0.5) is 5.69 Å². The lowest BCUT2D eigenvalue weighted by Crippen LogP contribution is -2.29. The number of ether oxygens (including phenoxy) is 2. The molecule has 1 unspecified atom stereocenters. The maximum absolute atomic E-state index is 12.2. The molecule has 0 saturated heterocycles. The highest BCUT2D eigenvalue weighted by atomic mass is 16.5. The Morgan fingerprint density at radius 2 is 1.87 bits per heavy atom. The molecule has 1 heterocycles. The van der Waals surface area contributed by atoms with Gasteiger partial charge in [-0.3, -0.25) is 14.4 Å². The highest BCUT2D eigenvalue weighted by Crippen LogP contribution is 2.16. The SMILES string of the molecule is CCOc1ccc(NC(=O)C(C)OC(=O)CCCc2nc3ccccc3c(=O)[nH]2)cc1. The van der Waals surface area contributed by atoms with E-state index in [1.807, 2.05) is 13.0 Å². The van der Waals surface area contributed by atoms with Crippen LogP contribution in [-0.2, 0) is 20.7 Å². The van der Waals surface area contributed by atoms with Crippen LogP contribution in [0.2, 0.25) is 0 Å². The van der Waals surface area contributed by atoms with Gasteiger partial charge in [0, 0.05) is 18.5 Å². The molecular weight excluding hydrogens is 398 g/mol. The van der Waals surface area contributed by atoms with Crippen LogP contribution in [0.1, 0.15) is 32.5 Å². The number of hydrogen-bond acceptors (Lipinski definition) is 6. The summed E-state index contributed by atoms with van der Waals surface area (Å²) in [5.74, 6) is 0.315. The number of nitrogens with one attached hydrogen (secondary N) is 2. The number of nitrogens with zero attached hydrogens (tertiary/aromatic N) is 1. The minimum atomic E-state index is -0.933. The standard InChI is InChI=1S/C23H25N3O5/c1-3-30-17-13-11-16(12-14-17)24-22(28)15(2)31-21(27)10-6-9-20-25-19-8-5-4-7-18(19)23(29)26-20/h4-5,7-8,11-15H,3,6,9-10H2,1-2H3,(H,24,28)(H,25,26,29). The summed E-state index contributed by atoms with van der Waals surface area (Å²) >= 11 is 0. The molecule has 2 aromatic carbocycles. The molecule has 162 valence electrons. The summed E-state index contributed by atoms with van der Waals surface area (Å²) in [6.07, 6.45) is 0.0321. The first-order valence-electron chi connectivity index (χ1n) is 10.2. The number of aromatic amines is 1. The number of carbonyl (C=O) groups is 2. The molecule has 31 heavy (non-hydrogen) atoms. The van der Waals surface area contributed by atoms with Crippen LogP contribution in [0, 0.1) is 0 Å². The fourth-order valence-electron chi connectivity index (χ4n) is 3.01. The van der Waals surface area contributed by atoms with Gasteiger partial charge in [0.2, 0.25) is 0 Å². The number of aromatic nitrogens is 2. The van der Waals surface area contributed by atoms with Crippen molar-refractivity contribution in [3.05, 3.63) is 64.7 Å². The number of benzene rings is 2. The van der Waals surface area contributed by atoms with E-state index in [-0.39, 0.29) is 12.0 Å².